The Hall–Kier alpha value is -1.54. The molecule has 0 spiro atoms. The van der Waals surface area contributed by atoms with Crippen molar-refractivity contribution in [3.8, 4) is 0 Å². The third-order valence-corrected chi connectivity index (χ3v) is 1.42. The molecule has 0 atom stereocenters. The van der Waals surface area contributed by atoms with Crippen molar-refractivity contribution >= 4 is 0 Å². The minimum absolute atomic E-state index is 0.203. The van der Waals surface area contributed by atoms with Gasteiger partial charge in [0.25, 0.3) is 0 Å². The van der Waals surface area contributed by atoms with Crippen LogP contribution in [-0.2, 0) is 6.54 Å². The highest BCUT2D eigenvalue weighted by molar-refractivity contribution is 5.23. The van der Waals surface area contributed by atoms with E-state index in [1.807, 2.05) is 0 Å². The molecule has 1 aromatic carbocycles. The van der Waals surface area contributed by atoms with E-state index in [-0.39, 0.29) is 12.4 Å². The Balaban J connectivity index is 2.92. The summed E-state index contributed by atoms with van der Waals surface area (Å²) in [4.78, 5) is 2.59. The second kappa shape index (κ2) is 3.74. The molecular weight excluding hydrogens is 157 g/mol. The summed E-state index contributed by atoms with van der Waals surface area (Å²) >= 11 is 0. The molecule has 0 saturated heterocycles. The topological polar surface area (TPSA) is 48.8 Å². The summed E-state index contributed by atoms with van der Waals surface area (Å²) in [5.41, 5.74) is 9.56. The zero-order valence-corrected chi connectivity index (χ0v) is 6.66. The van der Waals surface area contributed by atoms with E-state index in [1.165, 1.54) is 12.1 Å². The van der Waals surface area contributed by atoms with Gasteiger partial charge in [0.15, 0.2) is 0 Å². The molecule has 0 aliphatic carbocycles. The van der Waals surface area contributed by atoms with E-state index in [1.54, 1.807) is 13.0 Å². The van der Waals surface area contributed by atoms with Gasteiger partial charge in [-0.2, -0.15) is 0 Å². The van der Waals surface area contributed by atoms with Crippen LogP contribution in [0.1, 0.15) is 11.1 Å². The zero-order valence-electron chi connectivity index (χ0n) is 6.66. The zero-order chi connectivity index (χ0) is 8.97. The minimum Gasteiger partial charge on any atom is -0.207 e. The van der Waals surface area contributed by atoms with Crippen LogP contribution in [0, 0.1) is 12.7 Å². The number of hydrogen-bond donors (Lipinski definition) is 0. The highest BCUT2D eigenvalue weighted by Crippen LogP contribution is 2.09. The van der Waals surface area contributed by atoms with Crippen molar-refractivity contribution in [2.24, 2.45) is 5.11 Å². The van der Waals surface area contributed by atoms with Crippen LogP contribution in [0.2, 0.25) is 0 Å². The summed E-state index contributed by atoms with van der Waals surface area (Å²) in [6.07, 6.45) is 0. The Labute approximate surface area is 69.5 Å². The van der Waals surface area contributed by atoms with Gasteiger partial charge in [-0.05, 0) is 35.7 Å². The van der Waals surface area contributed by atoms with E-state index in [4.69, 9.17) is 5.53 Å². The Morgan fingerprint density at radius 1 is 1.50 bits per heavy atom. The lowest BCUT2D eigenvalue weighted by Gasteiger charge is -1.98. The lowest BCUT2D eigenvalue weighted by molar-refractivity contribution is 0.624. The van der Waals surface area contributed by atoms with Gasteiger partial charge in [-0.1, -0.05) is 11.2 Å². The van der Waals surface area contributed by atoms with Gasteiger partial charge in [0.2, 0.25) is 0 Å². The van der Waals surface area contributed by atoms with Crippen LogP contribution >= 0.6 is 0 Å². The Bertz CT molecular complexity index is 309. The third-order valence-electron chi connectivity index (χ3n) is 1.42. The van der Waals surface area contributed by atoms with Crippen LogP contribution in [0.25, 0.3) is 10.4 Å². The maximum Gasteiger partial charge on any atom is 0.123 e. The number of rotatable bonds is 2. The molecule has 1 aromatic rings. The summed E-state index contributed by atoms with van der Waals surface area (Å²) in [6, 6.07) is 4.58. The normalized spacial score (nSPS) is 9.17. The summed E-state index contributed by atoms with van der Waals surface area (Å²) in [5.74, 6) is -0.293. The van der Waals surface area contributed by atoms with Crippen LogP contribution < -0.4 is 0 Å². The van der Waals surface area contributed by atoms with E-state index >= 15 is 0 Å². The number of aryl methyl sites for hydroxylation is 1. The van der Waals surface area contributed by atoms with E-state index in [0.29, 0.717) is 5.56 Å². The minimum atomic E-state index is -0.293. The van der Waals surface area contributed by atoms with Crippen molar-refractivity contribution in [1.29, 1.82) is 0 Å². The standard InChI is InChI=1S/C8H8FN3/c1-6-2-7(5-11-12-10)4-8(9)3-6/h2-4H,5H2,1H3. The van der Waals surface area contributed by atoms with Crippen LogP contribution in [0.15, 0.2) is 23.3 Å². The number of nitrogens with zero attached hydrogens (tertiary/aromatic N) is 3. The second-order valence-corrected chi connectivity index (χ2v) is 2.53. The first kappa shape index (κ1) is 8.56. The molecule has 0 amide bonds. The van der Waals surface area contributed by atoms with Crippen molar-refractivity contribution in [2.45, 2.75) is 13.5 Å². The largest absolute Gasteiger partial charge is 0.207 e. The maximum absolute atomic E-state index is 12.7. The second-order valence-electron chi connectivity index (χ2n) is 2.53. The molecule has 0 heterocycles. The predicted octanol–water partition coefficient (Wildman–Crippen LogP) is 2.94. The van der Waals surface area contributed by atoms with E-state index in [9.17, 15) is 4.39 Å². The number of hydrogen-bond acceptors (Lipinski definition) is 1. The van der Waals surface area contributed by atoms with E-state index in [2.05, 4.69) is 10.0 Å². The summed E-state index contributed by atoms with van der Waals surface area (Å²) in [5, 5.41) is 3.34. The molecule has 0 aliphatic rings. The van der Waals surface area contributed by atoms with Crippen molar-refractivity contribution in [3.63, 3.8) is 0 Å². The lowest BCUT2D eigenvalue weighted by atomic mass is 10.1. The molecule has 3 nitrogen and oxygen atoms in total. The SMILES string of the molecule is Cc1cc(F)cc(CN=[N+]=[N-])c1. The lowest BCUT2D eigenvalue weighted by Crippen LogP contribution is -1.85. The van der Waals surface area contributed by atoms with Crippen LogP contribution in [0.3, 0.4) is 0 Å². The van der Waals surface area contributed by atoms with Crippen molar-refractivity contribution < 1.29 is 4.39 Å². The first-order chi connectivity index (χ1) is 5.72. The number of benzene rings is 1. The van der Waals surface area contributed by atoms with Gasteiger partial charge in [0.1, 0.15) is 5.82 Å². The van der Waals surface area contributed by atoms with Gasteiger partial charge in [0.05, 0.1) is 6.54 Å². The molecule has 0 bridgehead atoms. The predicted molar refractivity (Wildman–Crippen MR) is 44.0 cm³/mol. The van der Waals surface area contributed by atoms with Gasteiger partial charge in [-0.3, -0.25) is 0 Å². The Morgan fingerprint density at radius 2 is 2.25 bits per heavy atom. The maximum atomic E-state index is 12.7. The molecule has 0 fully saturated rings. The van der Waals surface area contributed by atoms with Crippen LogP contribution in [0.4, 0.5) is 4.39 Å². The molecular formula is C8H8FN3. The molecule has 12 heavy (non-hydrogen) atoms. The average molecular weight is 165 g/mol. The fraction of sp³-hybridized carbons (Fsp3) is 0.250. The number of halogens is 1. The molecule has 0 N–H and O–H groups in total. The quantitative estimate of drug-likeness (QED) is 0.367. The van der Waals surface area contributed by atoms with Crippen molar-refractivity contribution in [3.05, 3.63) is 45.6 Å². The van der Waals surface area contributed by atoms with Gasteiger partial charge < -0.3 is 0 Å². The summed E-state index contributed by atoms with van der Waals surface area (Å²) in [7, 11) is 0. The van der Waals surface area contributed by atoms with Crippen LogP contribution in [-0.4, -0.2) is 0 Å². The molecule has 0 saturated carbocycles. The molecule has 4 heteroatoms. The molecule has 0 aliphatic heterocycles. The Kier molecular flexibility index (Phi) is 2.66. The smallest absolute Gasteiger partial charge is 0.123 e. The van der Waals surface area contributed by atoms with Gasteiger partial charge in [-0.25, -0.2) is 4.39 Å². The van der Waals surface area contributed by atoms with E-state index in [0.717, 1.165) is 5.56 Å². The van der Waals surface area contributed by atoms with Gasteiger partial charge in [-0.15, -0.1) is 0 Å². The highest BCUT2D eigenvalue weighted by Gasteiger charge is 1.95. The first-order valence-corrected chi connectivity index (χ1v) is 3.49. The average Bonchev–Trinajstić information content (AvgIpc) is 1.99. The monoisotopic (exact) mass is 165 g/mol. The van der Waals surface area contributed by atoms with Gasteiger partial charge >= 0.3 is 0 Å². The van der Waals surface area contributed by atoms with Gasteiger partial charge in [0, 0.05) is 4.91 Å². The fourth-order valence-corrected chi connectivity index (χ4v) is 1.02. The molecule has 0 aromatic heterocycles. The van der Waals surface area contributed by atoms with Crippen molar-refractivity contribution in [2.75, 3.05) is 0 Å². The molecule has 62 valence electrons. The Morgan fingerprint density at radius 3 is 2.83 bits per heavy atom. The molecule has 1 rings (SSSR count). The molecule has 0 radical (unpaired) electrons. The first-order valence-electron chi connectivity index (χ1n) is 3.49. The van der Waals surface area contributed by atoms with Crippen molar-refractivity contribution in [1.82, 2.24) is 0 Å². The summed E-state index contributed by atoms with van der Waals surface area (Å²) in [6.45, 7) is 2.00. The van der Waals surface area contributed by atoms with E-state index < -0.39 is 0 Å². The molecule has 0 unspecified atom stereocenters. The third kappa shape index (κ3) is 2.25. The highest BCUT2D eigenvalue weighted by atomic mass is 19.1. The van der Waals surface area contributed by atoms with Crippen LogP contribution in [0.5, 0.6) is 0 Å². The summed E-state index contributed by atoms with van der Waals surface area (Å²) < 4.78 is 12.7. The number of azide groups is 1. The fourth-order valence-electron chi connectivity index (χ4n) is 1.02.